The van der Waals surface area contributed by atoms with Gasteiger partial charge in [-0.2, -0.15) is 13.2 Å². The number of carbonyl (C=O) groups is 3. The van der Waals surface area contributed by atoms with Crippen LogP contribution >= 0.6 is 0 Å². The smallest absolute Gasteiger partial charge is 0.405 e. The zero-order chi connectivity index (χ0) is 19.0. The molecule has 0 aliphatic carbocycles. The van der Waals surface area contributed by atoms with Crippen LogP contribution in [0.2, 0.25) is 0 Å². The molecule has 1 atom stereocenters. The number of ether oxygens (including phenoxy) is 2. The summed E-state index contributed by atoms with van der Waals surface area (Å²) in [4.78, 5) is 34.1. The molecule has 0 fully saturated rings. The molecule has 0 aliphatic heterocycles. The van der Waals surface area contributed by atoms with E-state index in [9.17, 15) is 27.6 Å². The molecule has 2 N–H and O–H groups in total. The van der Waals surface area contributed by atoms with E-state index in [-0.39, 0.29) is 0 Å². The molecule has 0 heterocycles. The Labute approximate surface area is 141 Å². The molecule has 0 saturated heterocycles. The highest BCUT2D eigenvalue weighted by Gasteiger charge is 2.28. The van der Waals surface area contributed by atoms with Crippen LogP contribution in [0.1, 0.15) is 12.5 Å². The lowest BCUT2D eigenvalue weighted by Gasteiger charge is -2.14. The van der Waals surface area contributed by atoms with Crippen LogP contribution < -0.4 is 15.4 Å². The molecule has 7 nitrogen and oxygen atoms in total. The van der Waals surface area contributed by atoms with Crippen LogP contribution in [-0.4, -0.2) is 43.3 Å². The van der Waals surface area contributed by atoms with Crippen LogP contribution in [-0.2, 0) is 14.3 Å². The molecule has 1 aromatic rings. The van der Waals surface area contributed by atoms with Crippen molar-refractivity contribution >= 4 is 17.9 Å². The van der Waals surface area contributed by atoms with Gasteiger partial charge in [0.2, 0.25) is 0 Å². The van der Waals surface area contributed by atoms with Crippen LogP contribution in [0.3, 0.4) is 0 Å². The monoisotopic (exact) mass is 362 g/mol. The first-order chi connectivity index (χ1) is 11.6. The molecule has 138 valence electrons. The number of rotatable bonds is 6. The van der Waals surface area contributed by atoms with Gasteiger partial charge in [0.05, 0.1) is 0 Å². The summed E-state index contributed by atoms with van der Waals surface area (Å²) in [6.07, 6.45) is -5.62. The molecule has 0 radical (unpaired) electrons. The van der Waals surface area contributed by atoms with Crippen LogP contribution in [0.25, 0.3) is 0 Å². The summed E-state index contributed by atoms with van der Waals surface area (Å²) >= 11 is 0. The Morgan fingerprint density at radius 1 is 1.24 bits per heavy atom. The molecule has 0 saturated carbocycles. The number of halogens is 3. The molecule has 0 aromatic heterocycles. The maximum atomic E-state index is 11.9. The number of carbonyl (C=O) groups excluding carboxylic acids is 3. The van der Waals surface area contributed by atoms with Crippen molar-refractivity contribution in [3.8, 4) is 5.75 Å². The van der Waals surface area contributed by atoms with Crippen molar-refractivity contribution in [2.24, 2.45) is 0 Å². The first-order valence-corrected chi connectivity index (χ1v) is 7.11. The first kappa shape index (κ1) is 20.3. The van der Waals surface area contributed by atoms with Gasteiger partial charge < -0.3 is 14.8 Å². The van der Waals surface area contributed by atoms with Crippen LogP contribution in [0.4, 0.5) is 18.0 Å². The number of hydrogen-bond acceptors (Lipinski definition) is 5. The molecule has 0 aliphatic rings. The van der Waals surface area contributed by atoms with Gasteiger partial charge in [0.1, 0.15) is 12.3 Å². The fourth-order valence-corrected chi connectivity index (χ4v) is 1.58. The Kier molecular flexibility index (Phi) is 7.22. The number of amides is 3. The second-order valence-corrected chi connectivity index (χ2v) is 5.03. The normalized spacial score (nSPS) is 12.0. The van der Waals surface area contributed by atoms with Gasteiger partial charge in [-0.05, 0) is 31.5 Å². The van der Waals surface area contributed by atoms with E-state index in [0.717, 1.165) is 5.56 Å². The zero-order valence-electron chi connectivity index (χ0n) is 13.5. The third kappa shape index (κ3) is 8.58. The highest BCUT2D eigenvalue weighted by atomic mass is 19.4. The van der Waals surface area contributed by atoms with Crippen molar-refractivity contribution in [1.82, 2.24) is 10.6 Å². The minimum absolute atomic E-state index is 0.431. The third-order valence-corrected chi connectivity index (χ3v) is 2.68. The molecule has 1 rings (SSSR count). The number of hydrogen-bond donors (Lipinski definition) is 2. The van der Waals surface area contributed by atoms with Crippen LogP contribution in [0, 0.1) is 6.92 Å². The first-order valence-electron chi connectivity index (χ1n) is 7.11. The maximum absolute atomic E-state index is 11.9. The quantitative estimate of drug-likeness (QED) is 0.751. The summed E-state index contributed by atoms with van der Waals surface area (Å²) in [6, 6.07) is 5.55. The van der Waals surface area contributed by atoms with E-state index in [2.05, 4.69) is 4.74 Å². The number of alkyl halides is 3. The molecule has 1 aromatic carbocycles. The fourth-order valence-electron chi connectivity index (χ4n) is 1.58. The lowest BCUT2D eigenvalue weighted by Crippen LogP contribution is -2.45. The summed E-state index contributed by atoms with van der Waals surface area (Å²) < 4.78 is 45.6. The fraction of sp³-hybridized carbons (Fsp3) is 0.400. The predicted molar refractivity (Wildman–Crippen MR) is 79.8 cm³/mol. The van der Waals surface area contributed by atoms with E-state index in [1.165, 1.54) is 12.2 Å². The van der Waals surface area contributed by atoms with Gasteiger partial charge in [-0.3, -0.25) is 10.1 Å². The highest BCUT2D eigenvalue weighted by Crippen LogP contribution is 2.14. The summed E-state index contributed by atoms with van der Waals surface area (Å²) in [6.45, 7) is 0.815. The lowest BCUT2D eigenvalue weighted by atomic mass is 10.2. The van der Waals surface area contributed by atoms with Crippen LogP contribution in [0.5, 0.6) is 5.75 Å². The average molecular weight is 362 g/mol. The van der Waals surface area contributed by atoms with E-state index in [4.69, 9.17) is 4.74 Å². The number of esters is 1. The lowest BCUT2D eigenvalue weighted by molar-refractivity contribution is -0.154. The zero-order valence-corrected chi connectivity index (χ0v) is 13.5. The minimum atomic E-state index is -4.60. The van der Waals surface area contributed by atoms with E-state index in [1.807, 2.05) is 13.0 Å². The number of urea groups is 1. The maximum Gasteiger partial charge on any atom is 0.405 e. The number of imide groups is 1. The van der Waals surface area contributed by atoms with Crippen molar-refractivity contribution < 1.29 is 37.0 Å². The number of aryl methyl sites for hydroxylation is 1. The van der Waals surface area contributed by atoms with Crippen molar-refractivity contribution in [3.63, 3.8) is 0 Å². The molecule has 0 spiro atoms. The van der Waals surface area contributed by atoms with Gasteiger partial charge in [-0.1, -0.05) is 12.1 Å². The topological polar surface area (TPSA) is 93.7 Å². The second-order valence-electron chi connectivity index (χ2n) is 5.03. The molecular formula is C15H17F3N2O5. The van der Waals surface area contributed by atoms with Crippen molar-refractivity contribution in [2.75, 3.05) is 13.2 Å². The van der Waals surface area contributed by atoms with Gasteiger partial charge >= 0.3 is 18.2 Å². The van der Waals surface area contributed by atoms with E-state index in [0.29, 0.717) is 5.75 Å². The largest absolute Gasteiger partial charge is 0.479 e. The molecule has 0 unspecified atom stereocenters. The van der Waals surface area contributed by atoms with Crippen molar-refractivity contribution in [2.45, 2.75) is 26.1 Å². The van der Waals surface area contributed by atoms with E-state index >= 15 is 0 Å². The second kappa shape index (κ2) is 8.90. The summed E-state index contributed by atoms with van der Waals surface area (Å²) in [7, 11) is 0. The van der Waals surface area contributed by atoms with E-state index < -0.39 is 43.3 Å². The number of nitrogens with one attached hydrogen (secondary N) is 2. The van der Waals surface area contributed by atoms with Gasteiger partial charge in [-0.25, -0.2) is 9.59 Å². The average Bonchev–Trinajstić information content (AvgIpc) is 2.50. The summed E-state index contributed by atoms with van der Waals surface area (Å²) in [5, 5.41) is 3.04. The molecule has 10 heteroatoms. The predicted octanol–water partition coefficient (Wildman–Crippen LogP) is 1.69. The Bertz CT molecular complexity index is 634. The molecule has 0 bridgehead atoms. The van der Waals surface area contributed by atoms with Gasteiger partial charge in [0, 0.05) is 0 Å². The number of benzene rings is 1. The third-order valence-electron chi connectivity index (χ3n) is 2.68. The van der Waals surface area contributed by atoms with Gasteiger partial charge in [-0.15, -0.1) is 0 Å². The Hall–Kier alpha value is -2.78. The van der Waals surface area contributed by atoms with Gasteiger partial charge in [0.15, 0.2) is 12.7 Å². The van der Waals surface area contributed by atoms with Gasteiger partial charge in [0.25, 0.3) is 5.91 Å². The van der Waals surface area contributed by atoms with Crippen molar-refractivity contribution in [1.29, 1.82) is 0 Å². The van der Waals surface area contributed by atoms with E-state index in [1.54, 1.807) is 23.5 Å². The minimum Gasteiger partial charge on any atom is -0.479 e. The summed E-state index contributed by atoms with van der Waals surface area (Å²) in [5.74, 6) is -1.51. The standard InChI is InChI=1S/C15H17F3N2O5/c1-9-4-3-5-11(6-9)25-10(2)13(22)24-7-12(21)20-14(23)19-8-15(16,17)18/h3-6,10H,7-8H2,1-2H3,(H2,19,20,21,23)/t10-/m1/s1. The highest BCUT2D eigenvalue weighted by molar-refractivity contribution is 5.95. The Morgan fingerprint density at radius 2 is 1.92 bits per heavy atom. The van der Waals surface area contributed by atoms with Crippen molar-refractivity contribution in [3.05, 3.63) is 29.8 Å². The SMILES string of the molecule is Cc1cccc(O[C@H](C)C(=O)OCC(=O)NC(=O)NCC(F)(F)F)c1. The molecular weight excluding hydrogens is 345 g/mol. The summed E-state index contributed by atoms with van der Waals surface area (Å²) in [5.41, 5.74) is 0.919. The van der Waals surface area contributed by atoms with Crippen LogP contribution in [0.15, 0.2) is 24.3 Å². The Morgan fingerprint density at radius 3 is 2.52 bits per heavy atom. The molecule has 3 amide bonds. The molecule has 25 heavy (non-hydrogen) atoms. The Balaban J connectivity index is 2.34.